The minimum atomic E-state index is 0.900. The molecule has 0 aliphatic rings. The Morgan fingerprint density at radius 1 is 1.36 bits per heavy atom. The molecular formula is C11H21N3. The van der Waals surface area contributed by atoms with Crippen LogP contribution >= 0.6 is 0 Å². The summed E-state index contributed by atoms with van der Waals surface area (Å²) in [6.07, 6.45) is 5.90. The summed E-state index contributed by atoms with van der Waals surface area (Å²) in [6.45, 7) is 7.29. The van der Waals surface area contributed by atoms with Gasteiger partial charge in [-0.15, -0.1) is 0 Å². The number of aryl methyl sites for hydroxylation is 1. The number of rotatable bonds is 7. The second kappa shape index (κ2) is 6.60. The molecule has 0 unspecified atom stereocenters. The number of aromatic nitrogens is 2. The molecule has 0 aromatic carbocycles. The van der Waals surface area contributed by atoms with Crippen LogP contribution in [0, 0.1) is 0 Å². The average Bonchev–Trinajstić information content (AvgIpc) is 2.65. The van der Waals surface area contributed by atoms with Crippen molar-refractivity contribution in [1.82, 2.24) is 15.1 Å². The van der Waals surface area contributed by atoms with Crippen LogP contribution in [0.4, 0.5) is 0 Å². The Morgan fingerprint density at radius 3 is 2.86 bits per heavy atom. The summed E-state index contributed by atoms with van der Waals surface area (Å²) in [5.74, 6) is 0. The smallest absolute Gasteiger partial charge is 0.0762 e. The topological polar surface area (TPSA) is 29.9 Å². The van der Waals surface area contributed by atoms with Crippen LogP contribution in [0.15, 0.2) is 12.3 Å². The lowest BCUT2D eigenvalue weighted by molar-refractivity contribution is 0.592. The highest BCUT2D eigenvalue weighted by Crippen LogP contribution is 1.96. The van der Waals surface area contributed by atoms with E-state index in [0.717, 1.165) is 25.3 Å². The zero-order valence-corrected chi connectivity index (χ0v) is 9.29. The van der Waals surface area contributed by atoms with E-state index in [1.54, 1.807) is 0 Å². The predicted octanol–water partition coefficient (Wildman–Crippen LogP) is 2.18. The third-order valence-corrected chi connectivity index (χ3v) is 2.28. The van der Waals surface area contributed by atoms with Gasteiger partial charge in [0.05, 0.1) is 5.69 Å². The second-order valence-electron chi connectivity index (χ2n) is 3.55. The van der Waals surface area contributed by atoms with Gasteiger partial charge in [-0.25, -0.2) is 0 Å². The van der Waals surface area contributed by atoms with Crippen LogP contribution in [0.2, 0.25) is 0 Å². The highest BCUT2D eigenvalue weighted by molar-refractivity contribution is 4.98. The van der Waals surface area contributed by atoms with Crippen molar-refractivity contribution in [2.45, 2.75) is 46.2 Å². The summed E-state index contributed by atoms with van der Waals surface area (Å²) in [5, 5.41) is 7.80. The van der Waals surface area contributed by atoms with Crippen molar-refractivity contribution in [3.8, 4) is 0 Å². The van der Waals surface area contributed by atoms with Crippen LogP contribution in [0.5, 0.6) is 0 Å². The van der Waals surface area contributed by atoms with Gasteiger partial charge in [0.25, 0.3) is 0 Å². The van der Waals surface area contributed by atoms with Gasteiger partial charge in [0.1, 0.15) is 0 Å². The third kappa shape index (κ3) is 3.92. The zero-order valence-electron chi connectivity index (χ0n) is 9.29. The van der Waals surface area contributed by atoms with Crippen molar-refractivity contribution < 1.29 is 0 Å². The maximum absolute atomic E-state index is 4.40. The van der Waals surface area contributed by atoms with Gasteiger partial charge < -0.3 is 5.32 Å². The zero-order chi connectivity index (χ0) is 10.2. The fourth-order valence-corrected chi connectivity index (χ4v) is 1.39. The number of nitrogens with zero attached hydrogens (tertiary/aromatic N) is 2. The Balaban J connectivity index is 2.12. The number of unbranched alkanes of at least 4 members (excludes halogenated alkanes) is 2. The first kappa shape index (κ1) is 11.2. The molecule has 1 aromatic rings. The summed E-state index contributed by atoms with van der Waals surface area (Å²) in [5.41, 5.74) is 1.14. The molecule has 80 valence electrons. The highest BCUT2D eigenvalue weighted by atomic mass is 15.3. The molecule has 1 heterocycles. The van der Waals surface area contributed by atoms with E-state index in [2.05, 4.69) is 30.3 Å². The van der Waals surface area contributed by atoms with Crippen molar-refractivity contribution in [1.29, 1.82) is 0 Å². The monoisotopic (exact) mass is 195 g/mol. The van der Waals surface area contributed by atoms with Crippen molar-refractivity contribution in [3.05, 3.63) is 18.0 Å². The summed E-state index contributed by atoms with van der Waals surface area (Å²) in [4.78, 5) is 0. The molecule has 0 spiro atoms. The van der Waals surface area contributed by atoms with Gasteiger partial charge in [-0.3, -0.25) is 4.68 Å². The van der Waals surface area contributed by atoms with Crippen LogP contribution < -0.4 is 5.32 Å². The lowest BCUT2D eigenvalue weighted by Gasteiger charge is -2.01. The van der Waals surface area contributed by atoms with E-state index < -0.39 is 0 Å². The Morgan fingerprint density at radius 2 is 2.21 bits per heavy atom. The minimum Gasteiger partial charge on any atom is -0.311 e. The Bertz CT molecular complexity index is 242. The molecule has 14 heavy (non-hydrogen) atoms. The quantitative estimate of drug-likeness (QED) is 0.676. The molecule has 0 amide bonds. The van der Waals surface area contributed by atoms with Gasteiger partial charge in [0, 0.05) is 19.3 Å². The summed E-state index contributed by atoms with van der Waals surface area (Å²) < 4.78 is 1.96. The number of hydrogen-bond donors (Lipinski definition) is 1. The first-order chi connectivity index (χ1) is 6.86. The lowest BCUT2D eigenvalue weighted by Crippen LogP contribution is -2.15. The Kier molecular flexibility index (Phi) is 5.30. The Labute approximate surface area is 86.5 Å². The molecular weight excluding hydrogens is 174 g/mol. The molecule has 0 aliphatic carbocycles. The molecule has 0 saturated carbocycles. The summed E-state index contributed by atoms with van der Waals surface area (Å²) in [7, 11) is 0. The first-order valence-electron chi connectivity index (χ1n) is 5.59. The number of hydrogen-bond acceptors (Lipinski definition) is 2. The van der Waals surface area contributed by atoms with E-state index in [0.29, 0.717) is 0 Å². The van der Waals surface area contributed by atoms with Crippen LogP contribution in [-0.2, 0) is 13.1 Å². The molecule has 3 nitrogen and oxygen atoms in total. The van der Waals surface area contributed by atoms with Crippen molar-refractivity contribution >= 4 is 0 Å². The van der Waals surface area contributed by atoms with Crippen molar-refractivity contribution in [2.24, 2.45) is 0 Å². The SMILES string of the molecule is CCCCCNCc1ccn(CC)n1. The molecule has 1 N–H and O–H groups in total. The maximum Gasteiger partial charge on any atom is 0.0762 e. The number of nitrogens with one attached hydrogen (secondary N) is 1. The molecule has 0 fully saturated rings. The lowest BCUT2D eigenvalue weighted by atomic mass is 10.2. The molecule has 1 aromatic heterocycles. The van der Waals surface area contributed by atoms with E-state index in [9.17, 15) is 0 Å². The van der Waals surface area contributed by atoms with E-state index in [1.165, 1.54) is 19.3 Å². The molecule has 0 saturated heterocycles. The fraction of sp³-hybridized carbons (Fsp3) is 0.727. The summed E-state index contributed by atoms with van der Waals surface area (Å²) in [6, 6.07) is 2.08. The molecule has 0 atom stereocenters. The predicted molar refractivity (Wildman–Crippen MR) is 59.1 cm³/mol. The molecule has 0 radical (unpaired) electrons. The molecule has 3 heteroatoms. The Hall–Kier alpha value is -0.830. The average molecular weight is 195 g/mol. The van der Waals surface area contributed by atoms with Gasteiger partial charge >= 0.3 is 0 Å². The maximum atomic E-state index is 4.40. The summed E-state index contributed by atoms with van der Waals surface area (Å²) >= 11 is 0. The molecule has 0 bridgehead atoms. The van der Waals surface area contributed by atoms with Crippen LogP contribution in [0.25, 0.3) is 0 Å². The van der Waals surface area contributed by atoms with Crippen molar-refractivity contribution in [2.75, 3.05) is 6.54 Å². The first-order valence-corrected chi connectivity index (χ1v) is 5.59. The van der Waals surface area contributed by atoms with E-state index in [1.807, 2.05) is 10.9 Å². The van der Waals surface area contributed by atoms with Crippen LogP contribution in [0.3, 0.4) is 0 Å². The van der Waals surface area contributed by atoms with E-state index >= 15 is 0 Å². The van der Waals surface area contributed by atoms with Crippen molar-refractivity contribution in [3.63, 3.8) is 0 Å². The largest absolute Gasteiger partial charge is 0.311 e. The fourth-order valence-electron chi connectivity index (χ4n) is 1.39. The molecule has 1 rings (SSSR count). The van der Waals surface area contributed by atoms with E-state index in [4.69, 9.17) is 0 Å². The minimum absolute atomic E-state index is 0.900. The van der Waals surface area contributed by atoms with Crippen LogP contribution in [0.1, 0.15) is 38.8 Å². The highest BCUT2D eigenvalue weighted by Gasteiger charge is 1.96. The normalized spacial score (nSPS) is 10.7. The van der Waals surface area contributed by atoms with Gasteiger partial charge in [0.15, 0.2) is 0 Å². The van der Waals surface area contributed by atoms with E-state index in [-0.39, 0.29) is 0 Å². The van der Waals surface area contributed by atoms with Crippen LogP contribution in [-0.4, -0.2) is 16.3 Å². The van der Waals surface area contributed by atoms with Gasteiger partial charge in [-0.2, -0.15) is 5.10 Å². The van der Waals surface area contributed by atoms with Gasteiger partial charge in [-0.1, -0.05) is 19.8 Å². The van der Waals surface area contributed by atoms with Gasteiger partial charge in [0.2, 0.25) is 0 Å². The third-order valence-electron chi connectivity index (χ3n) is 2.28. The molecule has 0 aliphatic heterocycles. The van der Waals surface area contributed by atoms with Gasteiger partial charge in [-0.05, 0) is 26.0 Å². The second-order valence-corrected chi connectivity index (χ2v) is 3.55. The standard InChI is InChI=1S/C11H21N3/c1-3-5-6-8-12-10-11-7-9-14(4-2)13-11/h7,9,12H,3-6,8,10H2,1-2H3.